The van der Waals surface area contributed by atoms with E-state index in [1.807, 2.05) is 13.0 Å². The van der Waals surface area contributed by atoms with Crippen molar-refractivity contribution in [2.24, 2.45) is 0 Å². The Kier molecular flexibility index (Phi) is 4.37. The Balaban J connectivity index is 3.15. The molecule has 0 radical (unpaired) electrons. The van der Waals surface area contributed by atoms with Gasteiger partial charge in [-0.15, -0.1) is 0 Å². The molecule has 1 aromatic rings. The second kappa shape index (κ2) is 5.36. The van der Waals surface area contributed by atoms with Crippen LogP contribution in [0.3, 0.4) is 0 Å². The van der Waals surface area contributed by atoms with Crippen molar-refractivity contribution in [3.63, 3.8) is 0 Å². The molecule has 0 bridgehead atoms. The summed E-state index contributed by atoms with van der Waals surface area (Å²) in [4.78, 5) is 0. The van der Waals surface area contributed by atoms with Crippen molar-refractivity contribution >= 4 is 15.9 Å². The van der Waals surface area contributed by atoms with E-state index >= 15 is 0 Å². The molecular formula is C13H16BrNO. The minimum absolute atomic E-state index is 0.373. The van der Waals surface area contributed by atoms with Crippen LogP contribution in [0.4, 0.5) is 0 Å². The standard InChI is InChI=1S/C13H16BrNO/c1-8(2)11-6-12(14)9(3)5-13(11)16-10(4)7-15/h5-6,8,10H,1-4H3. The van der Waals surface area contributed by atoms with E-state index in [0.29, 0.717) is 5.92 Å². The summed E-state index contributed by atoms with van der Waals surface area (Å²) in [5, 5.41) is 8.77. The van der Waals surface area contributed by atoms with Crippen LogP contribution in [0.15, 0.2) is 16.6 Å². The molecule has 0 aliphatic rings. The van der Waals surface area contributed by atoms with Crippen molar-refractivity contribution in [1.82, 2.24) is 0 Å². The molecule has 16 heavy (non-hydrogen) atoms. The Morgan fingerprint density at radius 2 is 1.94 bits per heavy atom. The Morgan fingerprint density at radius 3 is 2.44 bits per heavy atom. The number of nitrogens with zero attached hydrogens (tertiary/aromatic N) is 1. The van der Waals surface area contributed by atoms with Crippen molar-refractivity contribution in [2.45, 2.75) is 39.7 Å². The van der Waals surface area contributed by atoms with E-state index in [0.717, 1.165) is 21.3 Å². The smallest absolute Gasteiger partial charge is 0.181 e. The normalized spacial score (nSPS) is 12.3. The summed E-state index contributed by atoms with van der Waals surface area (Å²) in [6, 6.07) is 6.13. The Labute approximate surface area is 105 Å². The second-order valence-corrected chi connectivity index (χ2v) is 5.04. The summed E-state index contributed by atoms with van der Waals surface area (Å²) in [7, 11) is 0. The quantitative estimate of drug-likeness (QED) is 0.833. The van der Waals surface area contributed by atoms with Gasteiger partial charge in [-0.05, 0) is 43.0 Å². The monoisotopic (exact) mass is 281 g/mol. The Morgan fingerprint density at radius 1 is 1.31 bits per heavy atom. The molecule has 1 unspecified atom stereocenters. The zero-order valence-electron chi connectivity index (χ0n) is 10.0. The predicted octanol–water partition coefficient (Wildman–Crippen LogP) is 4.17. The summed E-state index contributed by atoms with van der Waals surface area (Å²) < 4.78 is 6.69. The second-order valence-electron chi connectivity index (χ2n) is 4.18. The number of nitriles is 1. The first-order valence-electron chi connectivity index (χ1n) is 5.32. The maximum absolute atomic E-state index is 8.77. The molecule has 0 spiro atoms. The van der Waals surface area contributed by atoms with Gasteiger partial charge < -0.3 is 4.74 Å². The SMILES string of the molecule is Cc1cc(OC(C)C#N)c(C(C)C)cc1Br. The molecule has 0 fully saturated rings. The van der Waals surface area contributed by atoms with Crippen LogP contribution >= 0.6 is 15.9 Å². The van der Waals surface area contributed by atoms with Gasteiger partial charge in [0, 0.05) is 4.47 Å². The molecule has 0 saturated carbocycles. The van der Waals surface area contributed by atoms with Gasteiger partial charge >= 0.3 is 0 Å². The molecule has 3 heteroatoms. The van der Waals surface area contributed by atoms with E-state index in [-0.39, 0.29) is 0 Å². The maximum atomic E-state index is 8.77. The van der Waals surface area contributed by atoms with Crippen LogP contribution in [-0.4, -0.2) is 6.10 Å². The summed E-state index contributed by atoms with van der Waals surface area (Å²) in [6.45, 7) is 7.99. The molecule has 0 saturated heterocycles. The molecule has 1 aromatic carbocycles. The highest BCUT2D eigenvalue weighted by Crippen LogP contribution is 2.32. The molecule has 2 nitrogen and oxygen atoms in total. The molecule has 0 heterocycles. The zero-order chi connectivity index (χ0) is 12.3. The lowest BCUT2D eigenvalue weighted by Crippen LogP contribution is -2.10. The van der Waals surface area contributed by atoms with Gasteiger partial charge in [0.25, 0.3) is 0 Å². The number of aryl methyl sites for hydroxylation is 1. The fourth-order valence-corrected chi connectivity index (χ4v) is 1.80. The van der Waals surface area contributed by atoms with Gasteiger partial charge in [-0.3, -0.25) is 0 Å². The Bertz CT molecular complexity index is 421. The highest BCUT2D eigenvalue weighted by molar-refractivity contribution is 9.10. The number of hydrogen-bond acceptors (Lipinski definition) is 2. The number of hydrogen-bond donors (Lipinski definition) is 0. The molecule has 0 aliphatic carbocycles. The lowest BCUT2D eigenvalue weighted by Gasteiger charge is -2.17. The lowest BCUT2D eigenvalue weighted by atomic mass is 10.0. The molecular weight excluding hydrogens is 266 g/mol. The first-order valence-corrected chi connectivity index (χ1v) is 6.11. The third-order valence-corrected chi connectivity index (χ3v) is 3.25. The molecule has 86 valence electrons. The molecule has 0 amide bonds. The Hall–Kier alpha value is -1.01. The van der Waals surface area contributed by atoms with Crippen molar-refractivity contribution in [3.8, 4) is 11.8 Å². The van der Waals surface area contributed by atoms with Crippen LogP contribution in [0, 0.1) is 18.3 Å². The minimum Gasteiger partial charge on any atom is -0.476 e. The maximum Gasteiger partial charge on any atom is 0.181 e. The van der Waals surface area contributed by atoms with E-state index in [2.05, 4.69) is 41.9 Å². The topological polar surface area (TPSA) is 33.0 Å². The van der Waals surface area contributed by atoms with E-state index in [4.69, 9.17) is 10.00 Å². The van der Waals surface area contributed by atoms with Crippen molar-refractivity contribution < 1.29 is 4.74 Å². The van der Waals surface area contributed by atoms with Crippen LogP contribution in [0.5, 0.6) is 5.75 Å². The fourth-order valence-electron chi connectivity index (χ4n) is 1.44. The molecule has 0 N–H and O–H groups in total. The van der Waals surface area contributed by atoms with E-state index in [9.17, 15) is 0 Å². The van der Waals surface area contributed by atoms with E-state index in [1.165, 1.54) is 0 Å². The van der Waals surface area contributed by atoms with Crippen molar-refractivity contribution in [3.05, 3.63) is 27.7 Å². The van der Waals surface area contributed by atoms with Crippen LogP contribution in [0.2, 0.25) is 0 Å². The highest BCUT2D eigenvalue weighted by atomic mass is 79.9. The van der Waals surface area contributed by atoms with Crippen LogP contribution in [0.1, 0.15) is 37.8 Å². The third-order valence-electron chi connectivity index (χ3n) is 2.40. The molecule has 1 atom stereocenters. The third kappa shape index (κ3) is 2.99. The van der Waals surface area contributed by atoms with Crippen molar-refractivity contribution in [2.75, 3.05) is 0 Å². The van der Waals surface area contributed by atoms with Gasteiger partial charge in [-0.25, -0.2) is 0 Å². The predicted molar refractivity (Wildman–Crippen MR) is 68.7 cm³/mol. The van der Waals surface area contributed by atoms with Gasteiger partial charge in [0.05, 0.1) is 0 Å². The average Bonchev–Trinajstić information content (AvgIpc) is 2.22. The highest BCUT2D eigenvalue weighted by Gasteiger charge is 2.12. The number of benzene rings is 1. The van der Waals surface area contributed by atoms with Crippen LogP contribution < -0.4 is 4.74 Å². The molecule has 0 aromatic heterocycles. The van der Waals surface area contributed by atoms with E-state index < -0.39 is 6.10 Å². The van der Waals surface area contributed by atoms with Gasteiger partial charge in [0.2, 0.25) is 0 Å². The number of ether oxygens (including phenoxy) is 1. The number of halogens is 1. The fraction of sp³-hybridized carbons (Fsp3) is 0.462. The first kappa shape index (κ1) is 13.1. The molecule has 0 aliphatic heterocycles. The van der Waals surface area contributed by atoms with E-state index in [1.54, 1.807) is 6.92 Å². The summed E-state index contributed by atoms with van der Waals surface area (Å²) >= 11 is 3.51. The summed E-state index contributed by atoms with van der Waals surface area (Å²) in [5.74, 6) is 1.18. The summed E-state index contributed by atoms with van der Waals surface area (Å²) in [6.07, 6.45) is -0.418. The summed E-state index contributed by atoms with van der Waals surface area (Å²) in [5.41, 5.74) is 2.24. The minimum atomic E-state index is -0.418. The molecule has 1 rings (SSSR count). The van der Waals surface area contributed by atoms with Gasteiger partial charge in [0.1, 0.15) is 11.8 Å². The van der Waals surface area contributed by atoms with Crippen LogP contribution in [0.25, 0.3) is 0 Å². The van der Waals surface area contributed by atoms with Gasteiger partial charge in [-0.1, -0.05) is 29.8 Å². The van der Waals surface area contributed by atoms with Crippen molar-refractivity contribution in [1.29, 1.82) is 5.26 Å². The number of rotatable bonds is 3. The van der Waals surface area contributed by atoms with Gasteiger partial charge in [0.15, 0.2) is 6.10 Å². The lowest BCUT2D eigenvalue weighted by molar-refractivity contribution is 0.272. The van der Waals surface area contributed by atoms with Gasteiger partial charge in [-0.2, -0.15) is 5.26 Å². The zero-order valence-corrected chi connectivity index (χ0v) is 11.6. The van der Waals surface area contributed by atoms with Crippen LogP contribution in [-0.2, 0) is 0 Å². The largest absolute Gasteiger partial charge is 0.476 e. The first-order chi connectivity index (χ1) is 7.45. The average molecular weight is 282 g/mol.